The third kappa shape index (κ3) is 5.57. The second kappa shape index (κ2) is 8.82. The van der Waals surface area contributed by atoms with E-state index in [1.54, 1.807) is 12.1 Å². The minimum Gasteiger partial charge on any atom is -0.346 e. The van der Waals surface area contributed by atoms with E-state index < -0.39 is 27.4 Å². The smallest absolute Gasteiger partial charge is 0.243 e. The summed E-state index contributed by atoms with van der Waals surface area (Å²) in [5.41, 5.74) is 1.64. The zero-order chi connectivity index (χ0) is 19.2. The van der Waals surface area contributed by atoms with E-state index in [1.807, 2.05) is 19.1 Å². The second-order valence-corrected chi connectivity index (χ2v) is 7.97. The van der Waals surface area contributed by atoms with Crippen LogP contribution < -0.4 is 10.6 Å². The molecule has 0 aliphatic heterocycles. The number of carbonyl (C=O) groups excluding carboxylic acids is 2. The fourth-order valence-electron chi connectivity index (χ4n) is 2.27. The molecule has 2 amide bonds. The van der Waals surface area contributed by atoms with Crippen LogP contribution in [0.2, 0.25) is 5.02 Å². The molecule has 26 heavy (non-hydrogen) atoms. The van der Waals surface area contributed by atoms with E-state index in [2.05, 4.69) is 10.6 Å². The lowest BCUT2D eigenvalue weighted by molar-refractivity contribution is -0.122. The fraction of sp³-hybridized carbons (Fsp3) is 0.222. The Hall–Kier alpha value is -2.38. The topological polar surface area (TPSA) is 92.3 Å². The van der Waals surface area contributed by atoms with Gasteiger partial charge in [0.1, 0.15) is 5.75 Å². The Morgan fingerprint density at radius 1 is 1.00 bits per heavy atom. The van der Waals surface area contributed by atoms with Crippen molar-refractivity contribution in [2.24, 2.45) is 0 Å². The van der Waals surface area contributed by atoms with Gasteiger partial charge in [-0.05, 0) is 42.3 Å². The van der Waals surface area contributed by atoms with E-state index in [0.29, 0.717) is 10.7 Å². The molecule has 0 bridgehead atoms. The summed E-state index contributed by atoms with van der Waals surface area (Å²) in [6.45, 7) is 1.65. The molecule has 0 fully saturated rings. The summed E-state index contributed by atoms with van der Waals surface area (Å²) in [4.78, 5) is 23.8. The first-order valence-corrected chi connectivity index (χ1v) is 9.97. The molecule has 6 nitrogen and oxygen atoms in total. The largest absolute Gasteiger partial charge is 0.346 e. The number of aryl methyl sites for hydroxylation is 1. The summed E-state index contributed by atoms with van der Waals surface area (Å²) in [5.74, 6) is -1.92. The highest BCUT2D eigenvalue weighted by Crippen LogP contribution is 2.16. The van der Waals surface area contributed by atoms with Gasteiger partial charge in [0, 0.05) is 10.7 Å². The summed E-state index contributed by atoms with van der Waals surface area (Å²) >= 11 is 5.72. The van der Waals surface area contributed by atoms with Gasteiger partial charge in [0.2, 0.25) is 11.8 Å². The average molecular weight is 395 g/mol. The van der Waals surface area contributed by atoms with Gasteiger partial charge in [-0.25, -0.2) is 8.42 Å². The van der Waals surface area contributed by atoms with E-state index in [4.69, 9.17) is 11.6 Å². The van der Waals surface area contributed by atoms with E-state index in [9.17, 15) is 18.0 Å². The molecule has 2 N–H and O–H groups in total. The maximum absolute atomic E-state index is 12.2. The average Bonchev–Trinajstić information content (AvgIpc) is 2.60. The lowest BCUT2D eigenvalue weighted by Gasteiger charge is -2.10. The van der Waals surface area contributed by atoms with Gasteiger partial charge in [-0.2, -0.15) is 0 Å². The van der Waals surface area contributed by atoms with Crippen molar-refractivity contribution in [3.8, 4) is 0 Å². The van der Waals surface area contributed by atoms with Crippen LogP contribution >= 0.6 is 11.6 Å². The second-order valence-electron chi connectivity index (χ2n) is 5.55. The molecule has 2 rings (SSSR count). The van der Waals surface area contributed by atoms with Gasteiger partial charge in [0.05, 0.1) is 11.4 Å². The van der Waals surface area contributed by atoms with Crippen LogP contribution in [0, 0.1) is 0 Å². The monoisotopic (exact) mass is 394 g/mol. The van der Waals surface area contributed by atoms with Crippen LogP contribution in [0.3, 0.4) is 0 Å². The van der Waals surface area contributed by atoms with Crippen LogP contribution in [-0.4, -0.2) is 32.5 Å². The number of sulfone groups is 1. The van der Waals surface area contributed by atoms with Crippen LogP contribution in [0.25, 0.3) is 0 Å². The molecule has 2 aromatic carbocycles. The molecule has 0 atom stereocenters. The van der Waals surface area contributed by atoms with Gasteiger partial charge in [-0.3, -0.25) is 9.59 Å². The predicted molar refractivity (Wildman–Crippen MR) is 101 cm³/mol. The lowest BCUT2D eigenvalue weighted by Crippen LogP contribution is -2.36. The van der Waals surface area contributed by atoms with E-state index >= 15 is 0 Å². The molecule has 0 aromatic heterocycles. The van der Waals surface area contributed by atoms with Gasteiger partial charge in [-0.15, -0.1) is 0 Å². The summed E-state index contributed by atoms with van der Waals surface area (Å²) in [5, 5.41) is 5.42. The van der Waals surface area contributed by atoms with Crippen molar-refractivity contribution in [2.45, 2.75) is 18.2 Å². The highest BCUT2D eigenvalue weighted by atomic mass is 35.5. The van der Waals surface area contributed by atoms with Gasteiger partial charge in [0.15, 0.2) is 9.84 Å². The molecule has 0 aliphatic carbocycles. The lowest BCUT2D eigenvalue weighted by atomic mass is 10.1. The molecule has 0 heterocycles. The normalized spacial score (nSPS) is 11.0. The Balaban J connectivity index is 1.90. The van der Waals surface area contributed by atoms with Crippen LogP contribution in [0.15, 0.2) is 53.4 Å². The third-order valence-corrected chi connectivity index (χ3v) is 5.50. The minimum atomic E-state index is -3.80. The van der Waals surface area contributed by atoms with Gasteiger partial charge < -0.3 is 10.6 Å². The number of rotatable bonds is 7. The molecular weight excluding hydrogens is 376 g/mol. The quantitative estimate of drug-likeness (QED) is 0.754. The van der Waals surface area contributed by atoms with Crippen molar-refractivity contribution in [3.05, 3.63) is 59.1 Å². The molecule has 0 aliphatic rings. The number of anilines is 1. The van der Waals surface area contributed by atoms with E-state index in [-0.39, 0.29) is 11.4 Å². The highest BCUT2D eigenvalue weighted by molar-refractivity contribution is 7.92. The Labute approximate surface area is 157 Å². The highest BCUT2D eigenvalue weighted by Gasteiger charge is 2.19. The van der Waals surface area contributed by atoms with Crippen molar-refractivity contribution in [2.75, 3.05) is 17.6 Å². The van der Waals surface area contributed by atoms with Gasteiger partial charge in [-0.1, -0.05) is 36.7 Å². The Kier molecular flexibility index (Phi) is 6.76. The zero-order valence-electron chi connectivity index (χ0n) is 14.2. The van der Waals surface area contributed by atoms with Crippen LogP contribution in [0.4, 0.5) is 5.69 Å². The molecule has 0 saturated heterocycles. The zero-order valence-corrected chi connectivity index (χ0v) is 15.7. The maximum atomic E-state index is 12.2. The molecule has 0 spiro atoms. The summed E-state index contributed by atoms with van der Waals surface area (Å²) in [6, 6.07) is 12.9. The van der Waals surface area contributed by atoms with Crippen molar-refractivity contribution < 1.29 is 18.0 Å². The number of nitrogens with one attached hydrogen (secondary N) is 2. The Bertz CT molecular complexity index is 896. The molecule has 2 aromatic rings. The van der Waals surface area contributed by atoms with Crippen molar-refractivity contribution in [1.82, 2.24) is 5.32 Å². The van der Waals surface area contributed by atoms with Crippen molar-refractivity contribution in [1.29, 1.82) is 0 Å². The molecule has 0 radical (unpaired) electrons. The summed E-state index contributed by atoms with van der Waals surface area (Å²) < 4.78 is 24.3. The molecular formula is C18H19ClN2O4S. The number of hydrogen-bond acceptors (Lipinski definition) is 4. The SMILES string of the molecule is CCc1ccccc1NC(=O)CNC(=O)CS(=O)(=O)c1ccc(Cl)cc1. The number of halogens is 1. The van der Waals surface area contributed by atoms with Crippen LogP contribution in [0.5, 0.6) is 0 Å². The third-order valence-electron chi connectivity index (χ3n) is 3.61. The van der Waals surface area contributed by atoms with Crippen LogP contribution in [0.1, 0.15) is 12.5 Å². The molecule has 138 valence electrons. The maximum Gasteiger partial charge on any atom is 0.243 e. The number of hydrogen-bond donors (Lipinski definition) is 2. The summed E-state index contributed by atoms with van der Waals surface area (Å²) in [7, 11) is -3.80. The summed E-state index contributed by atoms with van der Waals surface area (Å²) in [6.07, 6.45) is 0.752. The van der Waals surface area contributed by atoms with E-state index in [1.165, 1.54) is 24.3 Å². The first-order chi connectivity index (χ1) is 12.3. The number of benzene rings is 2. The first-order valence-electron chi connectivity index (χ1n) is 7.94. The molecule has 0 saturated carbocycles. The molecule has 0 unspecified atom stereocenters. The standard InChI is InChI=1S/C18H19ClN2O4S/c1-2-13-5-3-4-6-16(13)21-17(22)11-20-18(23)12-26(24,25)15-9-7-14(19)8-10-15/h3-10H,2,11-12H2,1H3,(H,20,23)(H,21,22). The minimum absolute atomic E-state index is 0.00150. The Morgan fingerprint density at radius 3 is 2.31 bits per heavy atom. The van der Waals surface area contributed by atoms with E-state index in [0.717, 1.165) is 12.0 Å². The van der Waals surface area contributed by atoms with Gasteiger partial charge in [0.25, 0.3) is 0 Å². The van der Waals surface area contributed by atoms with Gasteiger partial charge >= 0.3 is 0 Å². The number of amides is 2. The van der Waals surface area contributed by atoms with Crippen LogP contribution in [-0.2, 0) is 25.8 Å². The number of carbonyl (C=O) groups is 2. The predicted octanol–water partition coefficient (Wildman–Crippen LogP) is 2.43. The fourth-order valence-corrected chi connectivity index (χ4v) is 3.56. The Morgan fingerprint density at radius 2 is 1.65 bits per heavy atom. The van der Waals surface area contributed by atoms with Crippen molar-refractivity contribution >= 4 is 38.9 Å². The molecule has 8 heteroatoms. The van der Waals surface area contributed by atoms with Crippen molar-refractivity contribution in [3.63, 3.8) is 0 Å². The first kappa shape index (κ1) is 19.9. The number of para-hydroxylation sites is 1.